The van der Waals surface area contributed by atoms with Gasteiger partial charge in [-0.3, -0.25) is 4.72 Å². The van der Waals surface area contributed by atoms with E-state index in [1.165, 1.54) is 12.1 Å². The first-order chi connectivity index (χ1) is 8.53. The summed E-state index contributed by atoms with van der Waals surface area (Å²) in [7, 11) is -3.59. The van der Waals surface area contributed by atoms with E-state index in [1.807, 2.05) is 0 Å². The van der Waals surface area contributed by atoms with Crippen molar-refractivity contribution in [2.45, 2.75) is 18.9 Å². The fraction of sp³-hybridized carbons (Fsp3) is 0.400. The van der Waals surface area contributed by atoms with E-state index in [-0.39, 0.29) is 18.5 Å². The summed E-state index contributed by atoms with van der Waals surface area (Å²) in [5.41, 5.74) is 6.33. The van der Waals surface area contributed by atoms with Crippen LogP contribution < -0.4 is 24.7 Å². The molecule has 0 radical (unpaired) electrons. The zero-order valence-corrected chi connectivity index (χ0v) is 10.3. The normalized spacial score (nSPS) is 17.8. The molecule has 7 nitrogen and oxygen atoms in total. The molecule has 98 valence electrons. The van der Waals surface area contributed by atoms with Gasteiger partial charge in [-0.15, -0.1) is 0 Å². The van der Waals surface area contributed by atoms with Crippen LogP contribution in [0, 0.1) is 0 Å². The third kappa shape index (κ3) is 2.29. The van der Waals surface area contributed by atoms with Crippen LogP contribution >= 0.6 is 0 Å². The van der Waals surface area contributed by atoms with Crippen LogP contribution in [0.5, 0.6) is 11.5 Å². The molecule has 0 amide bonds. The second kappa shape index (κ2) is 3.92. The third-order valence-corrected chi connectivity index (χ3v) is 3.82. The van der Waals surface area contributed by atoms with Gasteiger partial charge in [-0.25, -0.2) is 0 Å². The summed E-state index contributed by atoms with van der Waals surface area (Å²) in [6.07, 6.45) is 1.75. The zero-order valence-electron chi connectivity index (χ0n) is 9.47. The molecule has 1 aromatic carbocycles. The van der Waals surface area contributed by atoms with Gasteiger partial charge in [-0.05, 0) is 12.8 Å². The van der Waals surface area contributed by atoms with Gasteiger partial charge in [0.15, 0.2) is 11.5 Å². The van der Waals surface area contributed by atoms with E-state index in [1.54, 1.807) is 0 Å². The predicted molar refractivity (Wildman–Crippen MR) is 65.7 cm³/mol. The number of ether oxygens (including phenoxy) is 2. The molecular formula is C10H13N3O4S. The van der Waals surface area contributed by atoms with E-state index in [2.05, 4.69) is 9.44 Å². The minimum absolute atomic E-state index is 0.0396. The fourth-order valence-corrected chi connectivity index (χ4v) is 2.84. The Labute approximate surface area is 104 Å². The van der Waals surface area contributed by atoms with Crippen LogP contribution in [0.4, 0.5) is 11.4 Å². The number of anilines is 2. The van der Waals surface area contributed by atoms with Crippen LogP contribution in [-0.4, -0.2) is 21.3 Å². The molecule has 1 fully saturated rings. The highest BCUT2D eigenvalue weighted by molar-refractivity contribution is 7.90. The van der Waals surface area contributed by atoms with Crippen molar-refractivity contribution >= 4 is 21.6 Å². The number of fused-ring (bicyclic) bond motifs is 1. The maximum atomic E-state index is 11.8. The van der Waals surface area contributed by atoms with Crippen LogP contribution in [0.15, 0.2) is 12.1 Å². The monoisotopic (exact) mass is 271 g/mol. The molecule has 0 spiro atoms. The molecular weight excluding hydrogens is 258 g/mol. The van der Waals surface area contributed by atoms with E-state index < -0.39 is 10.2 Å². The first-order valence-electron chi connectivity index (χ1n) is 5.53. The van der Waals surface area contributed by atoms with Crippen molar-refractivity contribution in [3.8, 4) is 11.5 Å². The maximum Gasteiger partial charge on any atom is 0.299 e. The Bertz CT molecular complexity index is 583. The van der Waals surface area contributed by atoms with Crippen molar-refractivity contribution in [1.29, 1.82) is 0 Å². The second-order valence-corrected chi connectivity index (χ2v) is 5.74. The number of benzene rings is 1. The lowest BCUT2D eigenvalue weighted by atomic mass is 10.2. The SMILES string of the molecule is Nc1cc2c(cc1NS(=O)(=O)NC1CC1)OCO2. The lowest BCUT2D eigenvalue weighted by Crippen LogP contribution is -2.32. The van der Waals surface area contributed by atoms with Crippen LogP contribution in [0.2, 0.25) is 0 Å². The molecule has 1 aliphatic carbocycles. The molecule has 2 aliphatic rings. The molecule has 1 aliphatic heterocycles. The Balaban J connectivity index is 1.83. The summed E-state index contributed by atoms with van der Waals surface area (Å²) >= 11 is 0. The number of rotatable bonds is 4. The van der Waals surface area contributed by atoms with Crippen LogP contribution in [0.3, 0.4) is 0 Å². The van der Waals surface area contributed by atoms with Crippen molar-refractivity contribution in [3.05, 3.63) is 12.1 Å². The lowest BCUT2D eigenvalue weighted by molar-refractivity contribution is 0.174. The maximum absolute atomic E-state index is 11.8. The molecule has 0 saturated heterocycles. The van der Waals surface area contributed by atoms with Gasteiger partial charge in [-0.2, -0.15) is 13.1 Å². The average molecular weight is 271 g/mol. The van der Waals surface area contributed by atoms with Crippen LogP contribution in [0.1, 0.15) is 12.8 Å². The number of nitrogen functional groups attached to an aromatic ring is 1. The molecule has 18 heavy (non-hydrogen) atoms. The molecule has 8 heteroatoms. The lowest BCUT2D eigenvalue weighted by Gasteiger charge is -2.11. The Kier molecular flexibility index (Phi) is 2.49. The minimum atomic E-state index is -3.59. The van der Waals surface area contributed by atoms with Gasteiger partial charge in [-0.1, -0.05) is 0 Å². The average Bonchev–Trinajstić information content (AvgIpc) is 2.95. The Morgan fingerprint density at radius 1 is 1.22 bits per heavy atom. The summed E-state index contributed by atoms with van der Waals surface area (Å²) < 4.78 is 38.7. The highest BCUT2D eigenvalue weighted by Gasteiger charge is 2.27. The number of hydrogen-bond acceptors (Lipinski definition) is 5. The highest BCUT2D eigenvalue weighted by atomic mass is 32.2. The van der Waals surface area contributed by atoms with Gasteiger partial charge < -0.3 is 15.2 Å². The van der Waals surface area contributed by atoms with Crippen molar-refractivity contribution < 1.29 is 17.9 Å². The standard InChI is InChI=1S/C10H13N3O4S/c11-7-3-9-10(17-5-16-9)4-8(7)13-18(14,15)12-6-1-2-6/h3-4,6,12-13H,1-2,5,11H2. The first-order valence-corrected chi connectivity index (χ1v) is 7.01. The molecule has 4 N–H and O–H groups in total. The van der Waals surface area contributed by atoms with Crippen molar-refractivity contribution in [2.75, 3.05) is 17.2 Å². The van der Waals surface area contributed by atoms with E-state index in [0.717, 1.165) is 12.8 Å². The van der Waals surface area contributed by atoms with Crippen LogP contribution in [0.25, 0.3) is 0 Å². The fourth-order valence-electron chi connectivity index (χ4n) is 1.64. The minimum Gasteiger partial charge on any atom is -0.454 e. The Morgan fingerprint density at radius 3 is 2.56 bits per heavy atom. The molecule has 0 atom stereocenters. The third-order valence-electron chi connectivity index (χ3n) is 2.69. The quantitative estimate of drug-likeness (QED) is 0.688. The molecule has 0 unspecified atom stereocenters. The largest absolute Gasteiger partial charge is 0.454 e. The smallest absolute Gasteiger partial charge is 0.299 e. The number of nitrogens with two attached hydrogens (primary N) is 1. The van der Waals surface area contributed by atoms with E-state index in [0.29, 0.717) is 17.2 Å². The topological polar surface area (TPSA) is 103 Å². The highest BCUT2D eigenvalue weighted by Crippen LogP contribution is 2.38. The predicted octanol–water partition coefficient (Wildman–Crippen LogP) is 0.406. The zero-order chi connectivity index (χ0) is 12.8. The summed E-state index contributed by atoms with van der Waals surface area (Å²) in [6.45, 7) is 0.116. The Hall–Kier alpha value is -1.67. The van der Waals surface area contributed by atoms with Gasteiger partial charge in [0.05, 0.1) is 11.4 Å². The van der Waals surface area contributed by atoms with Gasteiger partial charge in [0, 0.05) is 18.2 Å². The summed E-state index contributed by atoms with van der Waals surface area (Å²) in [5.74, 6) is 0.999. The van der Waals surface area contributed by atoms with E-state index in [9.17, 15) is 8.42 Å². The van der Waals surface area contributed by atoms with Crippen LogP contribution in [-0.2, 0) is 10.2 Å². The Morgan fingerprint density at radius 2 is 1.89 bits per heavy atom. The number of nitrogens with one attached hydrogen (secondary N) is 2. The van der Waals surface area contributed by atoms with E-state index in [4.69, 9.17) is 15.2 Å². The van der Waals surface area contributed by atoms with Gasteiger partial charge in [0.25, 0.3) is 10.2 Å². The van der Waals surface area contributed by atoms with Gasteiger partial charge in [0.2, 0.25) is 6.79 Å². The summed E-state index contributed by atoms with van der Waals surface area (Å²) in [4.78, 5) is 0. The molecule has 1 saturated carbocycles. The molecule has 0 bridgehead atoms. The van der Waals surface area contributed by atoms with Crippen molar-refractivity contribution in [3.63, 3.8) is 0 Å². The van der Waals surface area contributed by atoms with Crippen molar-refractivity contribution in [1.82, 2.24) is 4.72 Å². The molecule has 3 rings (SSSR count). The van der Waals surface area contributed by atoms with E-state index >= 15 is 0 Å². The molecule has 0 aromatic heterocycles. The van der Waals surface area contributed by atoms with Crippen molar-refractivity contribution in [2.24, 2.45) is 0 Å². The van der Waals surface area contributed by atoms with Gasteiger partial charge in [0.1, 0.15) is 0 Å². The van der Waals surface area contributed by atoms with Gasteiger partial charge >= 0.3 is 0 Å². The summed E-state index contributed by atoms with van der Waals surface area (Å²) in [5, 5.41) is 0. The summed E-state index contributed by atoms with van der Waals surface area (Å²) in [6, 6.07) is 3.10. The molecule has 1 aromatic rings. The number of hydrogen-bond donors (Lipinski definition) is 3. The molecule has 1 heterocycles. The second-order valence-electron chi connectivity index (χ2n) is 4.29. The first kappa shape index (κ1) is 11.4.